The van der Waals surface area contributed by atoms with Crippen LogP contribution in [-0.2, 0) is 0 Å². The molecule has 0 saturated carbocycles. The van der Waals surface area contributed by atoms with Crippen LogP contribution >= 0.6 is 0 Å². The van der Waals surface area contributed by atoms with Gasteiger partial charge in [-0.05, 0) is 37.2 Å². The van der Waals surface area contributed by atoms with Crippen molar-refractivity contribution >= 4 is 11.7 Å². The molecule has 0 aromatic heterocycles. The van der Waals surface area contributed by atoms with Crippen molar-refractivity contribution in [3.05, 3.63) is 24.3 Å². The molecule has 21 heavy (non-hydrogen) atoms. The van der Waals surface area contributed by atoms with Gasteiger partial charge in [0.2, 0.25) is 0 Å². The van der Waals surface area contributed by atoms with E-state index in [1.165, 1.54) is 12.1 Å². The molecule has 5 nitrogen and oxygen atoms in total. The maximum Gasteiger partial charge on any atom is 0.573 e. The quantitative estimate of drug-likeness (QED) is 0.882. The Hall–Kier alpha value is -1.96. The third-order valence-corrected chi connectivity index (χ3v) is 2.97. The number of hydrogen-bond acceptors (Lipinski definition) is 3. The van der Waals surface area contributed by atoms with Gasteiger partial charge in [0.15, 0.2) is 0 Å². The molecule has 1 aromatic carbocycles. The summed E-state index contributed by atoms with van der Waals surface area (Å²) in [6.45, 7) is 2.84. The maximum absolute atomic E-state index is 12.0. The summed E-state index contributed by atoms with van der Waals surface area (Å²) in [7, 11) is 0. The number of nitrogens with zero attached hydrogens (tertiary/aromatic N) is 1. The topological polar surface area (TPSA) is 53.6 Å². The van der Waals surface area contributed by atoms with E-state index in [1.54, 1.807) is 4.90 Å². The standard InChI is InChI=1S/C13H16F3N3O2/c14-13(15,16)21-11-4-2-10(3-5-11)18-12(20)19-8-1-6-17-7-9-19/h2-5,17H,1,6-9H2,(H,18,20). The number of nitrogens with one attached hydrogen (secondary N) is 2. The Labute approximate surface area is 120 Å². The zero-order valence-corrected chi connectivity index (χ0v) is 11.2. The summed E-state index contributed by atoms with van der Waals surface area (Å²) in [5.74, 6) is -0.320. The van der Waals surface area contributed by atoms with E-state index >= 15 is 0 Å². The SMILES string of the molecule is O=C(Nc1ccc(OC(F)(F)F)cc1)N1CCCNCC1. The van der Waals surface area contributed by atoms with Crippen LogP contribution in [0.3, 0.4) is 0 Å². The molecule has 2 N–H and O–H groups in total. The Bertz CT molecular complexity index is 469. The van der Waals surface area contributed by atoms with Crippen molar-refractivity contribution in [1.82, 2.24) is 10.2 Å². The van der Waals surface area contributed by atoms with Gasteiger partial charge in [-0.2, -0.15) is 0 Å². The molecular formula is C13H16F3N3O2. The van der Waals surface area contributed by atoms with Gasteiger partial charge in [0.05, 0.1) is 0 Å². The normalized spacial score (nSPS) is 16.2. The number of anilines is 1. The highest BCUT2D eigenvalue weighted by Gasteiger charge is 2.31. The van der Waals surface area contributed by atoms with Crippen molar-refractivity contribution < 1.29 is 22.7 Å². The van der Waals surface area contributed by atoms with Crippen LogP contribution in [0.2, 0.25) is 0 Å². The first kappa shape index (κ1) is 15.4. The van der Waals surface area contributed by atoms with Crippen LogP contribution in [0.1, 0.15) is 6.42 Å². The van der Waals surface area contributed by atoms with Crippen LogP contribution < -0.4 is 15.4 Å². The summed E-state index contributed by atoms with van der Waals surface area (Å²) in [6, 6.07) is 4.80. The molecule has 0 spiro atoms. The third kappa shape index (κ3) is 5.14. The lowest BCUT2D eigenvalue weighted by molar-refractivity contribution is -0.274. The van der Waals surface area contributed by atoms with Crippen LogP contribution in [-0.4, -0.2) is 43.5 Å². The molecule has 0 radical (unpaired) electrons. The van der Waals surface area contributed by atoms with Crippen molar-refractivity contribution in [1.29, 1.82) is 0 Å². The molecule has 0 bridgehead atoms. The summed E-state index contributed by atoms with van der Waals surface area (Å²) < 4.78 is 39.8. The molecule has 1 aromatic rings. The molecule has 116 valence electrons. The lowest BCUT2D eigenvalue weighted by atomic mass is 10.3. The average Bonchev–Trinajstić information content (AvgIpc) is 2.68. The van der Waals surface area contributed by atoms with E-state index in [4.69, 9.17) is 0 Å². The summed E-state index contributed by atoms with van der Waals surface area (Å²) in [5.41, 5.74) is 0.423. The second kappa shape index (κ2) is 6.66. The molecule has 1 saturated heterocycles. The van der Waals surface area contributed by atoms with Crippen LogP contribution in [0, 0.1) is 0 Å². The highest BCUT2D eigenvalue weighted by molar-refractivity contribution is 5.89. The minimum atomic E-state index is -4.72. The summed E-state index contributed by atoms with van der Waals surface area (Å²) in [5, 5.41) is 5.83. The Balaban J connectivity index is 1.91. The van der Waals surface area contributed by atoms with E-state index in [2.05, 4.69) is 15.4 Å². The molecule has 2 amide bonds. The van der Waals surface area contributed by atoms with Gasteiger partial charge in [-0.1, -0.05) is 0 Å². The molecule has 1 aliphatic heterocycles. The number of carbonyl (C=O) groups is 1. The first-order valence-corrected chi connectivity index (χ1v) is 6.56. The predicted octanol–water partition coefficient (Wildman–Crippen LogP) is 2.41. The number of halogens is 3. The van der Waals surface area contributed by atoms with Crippen LogP contribution in [0.5, 0.6) is 5.75 Å². The first-order chi connectivity index (χ1) is 9.94. The minimum absolute atomic E-state index is 0.261. The van der Waals surface area contributed by atoms with Crippen molar-refractivity contribution in [3.63, 3.8) is 0 Å². The fraction of sp³-hybridized carbons (Fsp3) is 0.462. The smallest absolute Gasteiger partial charge is 0.406 e. The number of rotatable bonds is 2. The monoisotopic (exact) mass is 303 g/mol. The second-order valence-electron chi connectivity index (χ2n) is 4.59. The Morgan fingerprint density at radius 1 is 1.19 bits per heavy atom. The number of alkyl halides is 3. The molecule has 2 rings (SSSR count). The molecule has 0 atom stereocenters. The Kier molecular flexibility index (Phi) is 4.89. The van der Waals surface area contributed by atoms with Gasteiger partial charge in [-0.15, -0.1) is 13.2 Å². The number of benzene rings is 1. The molecule has 1 heterocycles. The lowest BCUT2D eigenvalue weighted by Crippen LogP contribution is -2.37. The highest BCUT2D eigenvalue weighted by Crippen LogP contribution is 2.24. The highest BCUT2D eigenvalue weighted by atomic mass is 19.4. The molecule has 8 heteroatoms. The molecule has 1 aliphatic rings. The number of amides is 2. The van der Waals surface area contributed by atoms with E-state index in [0.717, 1.165) is 31.6 Å². The van der Waals surface area contributed by atoms with Crippen LogP contribution in [0.25, 0.3) is 0 Å². The summed E-state index contributed by atoms with van der Waals surface area (Å²) in [6.07, 6.45) is -3.85. The van der Waals surface area contributed by atoms with Crippen LogP contribution in [0.4, 0.5) is 23.7 Å². The Morgan fingerprint density at radius 3 is 2.57 bits per heavy atom. The molecule has 1 fully saturated rings. The largest absolute Gasteiger partial charge is 0.573 e. The zero-order valence-electron chi connectivity index (χ0n) is 11.2. The van der Waals surface area contributed by atoms with E-state index < -0.39 is 6.36 Å². The summed E-state index contributed by atoms with van der Waals surface area (Å²) >= 11 is 0. The van der Waals surface area contributed by atoms with Gasteiger partial charge in [0.1, 0.15) is 5.75 Å². The number of urea groups is 1. The van der Waals surface area contributed by atoms with E-state index in [-0.39, 0.29) is 11.8 Å². The van der Waals surface area contributed by atoms with Gasteiger partial charge >= 0.3 is 12.4 Å². The fourth-order valence-corrected chi connectivity index (χ4v) is 1.99. The molecule has 0 aliphatic carbocycles. The van der Waals surface area contributed by atoms with Crippen molar-refractivity contribution in [2.24, 2.45) is 0 Å². The third-order valence-electron chi connectivity index (χ3n) is 2.97. The van der Waals surface area contributed by atoms with Gasteiger partial charge in [0.25, 0.3) is 0 Å². The predicted molar refractivity (Wildman–Crippen MR) is 71.2 cm³/mol. The van der Waals surface area contributed by atoms with Gasteiger partial charge in [-0.25, -0.2) is 4.79 Å². The van der Waals surface area contributed by atoms with Crippen molar-refractivity contribution in [3.8, 4) is 5.75 Å². The lowest BCUT2D eigenvalue weighted by Gasteiger charge is -2.20. The first-order valence-electron chi connectivity index (χ1n) is 6.56. The number of carbonyl (C=O) groups excluding carboxylic acids is 1. The van der Waals surface area contributed by atoms with E-state index in [1.807, 2.05) is 0 Å². The second-order valence-corrected chi connectivity index (χ2v) is 4.59. The van der Waals surface area contributed by atoms with Gasteiger partial charge in [-0.3, -0.25) is 0 Å². The number of ether oxygens (including phenoxy) is 1. The van der Waals surface area contributed by atoms with Crippen molar-refractivity contribution in [2.75, 3.05) is 31.5 Å². The van der Waals surface area contributed by atoms with Gasteiger partial charge < -0.3 is 20.3 Å². The fourth-order valence-electron chi connectivity index (χ4n) is 1.99. The van der Waals surface area contributed by atoms with Crippen molar-refractivity contribution in [2.45, 2.75) is 12.8 Å². The molecular weight excluding hydrogens is 287 g/mol. The number of hydrogen-bond donors (Lipinski definition) is 2. The Morgan fingerprint density at radius 2 is 1.90 bits per heavy atom. The van der Waals surface area contributed by atoms with E-state index in [0.29, 0.717) is 18.8 Å². The molecule has 0 unspecified atom stereocenters. The summed E-state index contributed by atoms with van der Waals surface area (Å²) in [4.78, 5) is 13.7. The zero-order chi connectivity index (χ0) is 15.3. The van der Waals surface area contributed by atoms with E-state index in [9.17, 15) is 18.0 Å². The maximum atomic E-state index is 12.0. The van der Waals surface area contributed by atoms with Crippen LogP contribution in [0.15, 0.2) is 24.3 Å². The average molecular weight is 303 g/mol. The van der Waals surface area contributed by atoms with Gasteiger partial charge in [0, 0.05) is 25.3 Å². The minimum Gasteiger partial charge on any atom is -0.406 e.